The largest absolute Gasteiger partial charge is 0.871 e. The van der Waals surface area contributed by atoms with E-state index in [0.717, 1.165) is 35.9 Å². The summed E-state index contributed by atoms with van der Waals surface area (Å²) in [6.07, 6.45) is 3.69. The fourth-order valence-electron chi connectivity index (χ4n) is 5.87. The van der Waals surface area contributed by atoms with Crippen molar-refractivity contribution < 1.29 is 14.5 Å². The molecule has 0 saturated heterocycles. The number of carbonyl (C=O) groups excluding carboxylic acids is 1. The Hall–Kier alpha value is -1.94. The number of allylic oxidation sites excluding steroid dienone is 5. The van der Waals surface area contributed by atoms with E-state index < -0.39 is 0 Å². The quantitative estimate of drug-likeness (QED) is 0.219. The summed E-state index contributed by atoms with van der Waals surface area (Å²) >= 11 is 4.67. The number of rotatable bonds is 4. The van der Waals surface area contributed by atoms with Crippen molar-refractivity contribution in [2.75, 3.05) is 18.0 Å². The third-order valence-corrected chi connectivity index (χ3v) is 9.22. The average molecular weight is 704 g/mol. The molecule has 6 heteroatoms. The number of benzene rings is 2. The Morgan fingerprint density at radius 3 is 2.19 bits per heavy atom. The summed E-state index contributed by atoms with van der Waals surface area (Å²) in [6.45, 7) is 14.4. The normalized spacial score (nSPS) is 22.0. The molecule has 2 heterocycles. The lowest BCUT2D eigenvalue weighted by Gasteiger charge is -2.32. The number of hydrogen-bond donors (Lipinski definition) is 0. The van der Waals surface area contributed by atoms with Gasteiger partial charge in [0.15, 0.2) is 11.5 Å². The van der Waals surface area contributed by atoms with Crippen molar-refractivity contribution in [2.24, 2.45) is 0 Å². The maximum absolute atomic E-state index is 13.4. The lowest BCUT2D eigenvalue weighted by molar-refractivity contribution is -0.433. The molecule has 2 aliphatic heterocycles. The van der Waals surface area contributed by atoms with Crippen LogP contribution in [0.15, 0.2) is 71.2 Å². The maximum atomic E-state index is 13.4. The summed E-state index contributed by atoms with van der Waals surface area (Å²) in [7, 11) is 0. The van der Waals surface area contributed by atoms with Crippen molar-refractivity contribution in [1.82, 2.24) is 0 Å². The highest BCUT2D eigenvalue weighted by Gasteiger charge is 2.46. The molecule has 2 aromatic rings. The Bertz CT molecular complexity index is 1460. The van der Waals surface area contributed by atoms with E-state index in [1.807, 2.05) is 12.2 Å². The molecular formula is C30H30I2N2O2. The van der Waals surface area contributed by atoms with Gasteiger partial charge in [-0.15, -0.1) is 0 Å². The van der Waals surface area contributed by atoms with E-state index in [1.54, 1.807) is 0 Å². The van der Waals surface area contributed by atoms with Gasteiger partial charge in [0, 0.05) is 59.3 Å². The van der Waals surface area contributed by atoms with Crippen molar-refractivity contribution in [3.05, 3.63) is 89.4 Å². The Kier molecular flexibility index (Phi) is 6.30. The summed E-state index contributed by atoms with van der Waals surface area (Å²) in [5, 5.41) is 13.4. The molecule has 5 rings (SSSR count). The minimum atomic E-state index is -0.292. The molecule has 0 N–H and O–H groups in total. The number of Topliss-reactive ketones (excluding diaryl/α,β-unsaturated/α-hetero) is 1. The van der Waals surface area contributed by atoms with Gasteiger partial charge in [0.05, 0.1) is 5.41 Å². The Balaban J connectivity index is 1.58. The molecule has 0 spiro atoms. The van der Waals surface area contributed by atoms with Gasteiger partial charge in [-0.05, 0) is 115 Å². The second kappa shape index (κ2) is 8.82. The lowest BCUT2D eigenvalue weighted by Crippen LogP contribution is -2.35. The summed E-state index contributed by atoms with van der Waals surface area (Å²) in [6, 6.07) is 12.9. The second-order valence-corrected chi connectivity index (χ2v) is 13.1. The van der Waals surface area contributed by atoms with Gasteiger partial charge in [0.25, 0.3) is 0 Å². The van der Waals surface area contributed by atoms with Crippen LogP contribution < -0.4 is 10.0 Å². The van der Waals surface area contributed by atoms with Crippen molar-refractivity contribution in [3.8, 4) is 0 Å². The van der Waals surface area contributed by atoms with Crippen LogP contribution in [0.25, 0.3) is 0 Å². The van der Waals surface area contributed by atoms with Crippen LogP contribution in [0.3, 0.4) is 0 Å². The molecular weight excluding hydrogens is 674 g/mol. The zero-order valence-electron chi connectivity index (χ0n) is 21.5. The molecule has 0 unspecified atom stereocenters. The SMILES string of the molecule is CCN1/C(=C/C2=C([O-])C(=C\C3=[N+](CC)c4ccc(I)cc4C3(C)C)/C2=O)C(C)(C)c2cc(I)ccc21. The van der Waals surface area contributed by atoms with Gasteiger partial charge in [-0.3, -0.25) is 4.79 Å². The first-order valence-electron chi connectivity index (χ1n) is 12.4. The minimum Gasteiger partial charge on any atom is -0.871 e. The third kappa shape index (κ3) is 3.65. The van der Waals surface area contributed by atoms with Crippen molar-refractivity contribution in [1.29, 1.82) is 0 Å². The number of likely N-dealkylation sites (N-methyl/N-ethyl adjacent to an activating group) is 1. The van der Waals surface area contributed by atoms with Crippen molar-refractivity contribution in [2.45, 2.75) is 52.4 Å². The number of ketones is 1. The molecule has 36 heavy (non-hydrogen) atoms. The minimum absolute atomic E-state index is 0.158. The van der Waals surface area contributed by atoms with E-state index in [0.29, 0.717) is 0 Å². The van der Waals surface area contributed by atoms with Gasteiger partial charge in [-0.1, -0.05) is 19.6 Å². The second-order valence-electron chi connectivity index (χ2n) is 10.6. The number of nitrogens with zero attached hydrogens (tertiary/aromatic N) is 2. The van der Waals surface area contributed by atoms with Crippen molar-refractivity contribution >= 4 is 68.1 Å². The predicted molar refractivity (Wildman–Crippen MR) is 161 cm³/mol. The Morgan fingerprint density at radius 2 is 1.58 bits per heavy atom. The summed E-state index contributed by atoms with van der Waals surface area (Å²) < 4.78 is 4.59. The number of anilines is 1. The van der Waals surface area contributed by atoms with E-state index in [-0.39, 0.29) is 33.5 Å². The van der Waals surface area contributed by atoms with Crippen molar-refractivity contribution in [3.63, 3.8) is 0 Å². The fraction of sp³-hybridized carbons (Fsp3) is 0.333. The highest BCUT2D eigenvalue weighted by Crippen LogP contribution is 2.49. The smallest absolute Gasteiger partial charge is 0.209 e. The molecule has 0 atom stereocenters. The van der Waals surface area contributed by atoms with Gasteiger partial charge in [0.1, 0.15) is 6.54 Å². The average Bonchev–Trinajstić information content (AvgIpc) is 3.18. The van der Waals surface area contributed by atoms with E-state index in [1.165, 1.54) is 18.3 Å². The Morgan fingerprint density at radius 1 is 0.944 bits per heavy atom. The first-order valence-corrected chi connectivity index (χ1v) is 14.5. The van der Waals surface area contributed by atoms with E-state index in [2.05, 4.69) is 133 Å². The molecule has 0 radical (unpaired) electrons. The lowest BCUT2D eigenvalue weighted by atomic mass is 9.77. The summed E-state index contributed by atoms with van der Waals surface area (Å²) in [5.74, 6) is -0.315. The predicted octanol–water partition coefficient (Wildman–Crippen LogP) is 6.12. The molecule has 0 saturated carbocycles. The fourth-order valence-corrected chi connectivity index (χ4v) is 6.85. The molecule has 0 amide bonds. The summed E-state index contributed by atoms with van der Waals surface area (Å²) in [5.41, 5.74) is 6.76. The number of fused-ring (bicyclic) bond motifs is 2. The van der Waals surface area contributed by atoms with Gasteiger partial charge in [0.2, 0.25) is 5.69 Å². The molecule has 0 fully saturated rings. The monoisotopic (exact) mass is 704 g/mol. The topological polar surface area (TPSA) is 46.4 Å². The Labute approximate surface area is 240 Å². The number of carbonyl (C=O) groups is 1. The standard InChI is InChI=1S/C30H30I2N2O2/c1-7-33-23-11-9-17(31)13-21(23)29(3,4)25(33)15-19-27(35)20(28(19)36)16-26-30(5,6)22-14-18(32)10-12-24(22)34(26)8-2/h9-16H,7-8H2,1-6H3. The molecule has 0 aromatic heterocycles. The highest BCUT2D eigenvalue weighted by molar-refractivity contribution is 14.1. The first-order chi connectivity index (χ1) is 16.9. The van der Waals surface area contributed by atoms with Crippen LogP contribution in [-0.2, 0) is 15.6 Å². The third-order valence-electron chi connectivity index (χ3n) is 7.88. The van der Waals surface area contributed by atoms with Crippen LogP contribution in [0.4, 0.5) is 11.4 Å². The van der Waals surface area contributed by atoms with Gasteiger partial charge in [-0.2, -0.15) is 4.58 Å². The van der Waals surface area contributed by atoms with E-state index >= 15 is 0 Å². The van der Waals surface area contributed by atoms with E-state index in [9.17, 15) is 9.90 Å². The van der Waals surface area contributed by atoms with Crippen LogP contribution in [0.5, 0.6) is 0 Å². The molecule has 2 aromatic carbocycles. The molecule has 3 aliphatic rings. The molecule has 1 aliphatic carbocycles. The van der Waals surface area contributed by atoms with Crippen LogP contribution in [0.2, 0.25) is 0 Å². The highest BCUT2D eigenvalue weighted by atomic mass is 127. The van der Waals surface area contributed by atoms with Crippen LogP contribution >= 0.6 is 45.2 Å². The molecule has 4 nitrogen and oxygen atoms in total. The van der Waals surface area contributed by atoms with Crippen LogP contribution in [-0.4, -0.2) is 29.2 Å². The zero-order valence-corrected chi connectivity index (χ0v) is 25.8. The maximum Gasteiger partial charge on any atom is 0.209 e. The van der Waals surface area contributed by atoms with Crippen LogP contribution in [0.1, 0.15) is 52.7 Å². The summed E-state index contributed by atoms with van der Waals surface area (Å²) in [4.78, 5) is 15.6. The first kappa shape index (κ1) is 25.7. The number of halogens is 2. The van der Waals surface area contributed by atoms with Gasteiger partial charge >= 0.3 is 0 Å². The molecule has 0 bridgehead atoms. The van der Waals surface area contributed by atoms with Crippen LogP contribution in [0, 0.1) is 7.14 Å². The van der Waals surface area contributed by atoms with Gasteiger partial charge in [-0.25, -0.2) is 0 Å². The molecule has 186 valence electrons. The van der Waals surface area contributed by atoms with Gasteiger partial charge < -0.3 is 10.0 Å². The number of hydrogen-bond acceptors (Lipinski definition) is 3. The van der Waals surface area contributed by atoms with E-state index in [4.69, 9.17) is 0 Å². The zero-order chi connectivity index (χ0) is 26.2.